The summed E-state index contributed by atoms with van der Waals surface area (Å²) >= 11 is 0. The fourth-order valence-electron chi connectivity index (χ4n) is 2.61. The van der Waals surface area contributed by atoms with E-state index in [1.165, 1.54) is 22.9 Å². The summed E-state index contributed by atoms with van der Waals surface area (Å²) in [5, 5.41) is 22.7. The topological polar surface area (TPSA) is 91.2 Å². The number of aromatic nitrogens is 2. The van der Waals surface area contributed by atoms with Gasteiger partial charge in [0.25, 0.3) is 0 Å². The molecular formula is C15H18F3N5O2. The molecule has 2 aromatic rings. The van der Waals surface area contributed by atoms with Crippen LogP contribution in [0.4, 0.5) is 19.0 Å². The minimum atomic E-state index is -4.75. The second kappa shape index (κ2) is 6.52. The summed E-state index contributed by atoms with van der Waals surface area (Å²) in [5.74, 6) is 0.0624. The van der Waals surface area contributed by atoms with Gasteiger partial charge in [0, 0.05) is 25.5 Å². The molecule has 1 saturated heterocycles. The van der Waals surface area contributed by atoms with Gasteiger partial charge in [-0.05, 0) is 17.7 Å². The molecular weight excluding hydrogens is 339 g/mol. The average molecular weight is 357 g/mol. The first-order chi connectivity index (χ1) is 11.8. The Morgan fingerprint density at radius 2 is 2.20 bits per heavy atom. The molecule has 1 aromatic carbocycles. The van der Waals surface area contributed by atoms with Gasteiger partial charge in [-0.2, -0.15) is 18.3 Å². The molecule has 0 saturated carbocycles. The van der Waals surface area contributed by atoms with Gasteiger partial charge in [-0.1, -0.05) is 6.07 Å². The zero-order chi connectivity index (χ0) is 18.2. The molecule has 10 heteroatoms. The number of amides is 1. The number of aryl methyl sites for hydroxylation is 1. The van der Waals surface area contributed by atoms with Gasteiger partial charge in [0.15, 0.2) is 11.9 Å². The van der Waals surface area contributed by atoms with Crippen LogP contribution in [0.5, 0.6) is 0 Å². The lowest BCUT2D eigenvalue weighted by Crippen LogP contribution is -2.57. The van der Waals surface area contributed by atoms with Crippen molar-refractivity contribution in [1.29, 1.82) is 0 Å². The molecule has 0 radical (unpaired) electrons. The van der Waals surface area contributed by atoms with E-state index in [1.54, 1.807) is 7.05 Å². The zero-order valence-electron chi connectivity index (χ0n) is 13.4. The molecule has 0 spiro atoms. The van der Waals surface area contributed by atoms with E-state index >= 15 is 0 Å². The molecule has 1 fully saturated rings. The van der Waals surface area contributed by atoms with Crippen LogP contribution in [0.1, 0.15) is 11.7 Å². The van der Waals surface area contributed by atoms with Gasteiger partial charge in [-0.15, -0.1) is 0 Å². The van der Waals surface area contributed by atoms with Gasteiger partial charge in [-0.25, -0.2) is 0 Å². The summed E-state index contributed by atoms with van der Waals surface area (Å²) in [6.07, 6.45) is -7.32. The number of nitrogens with one attached hydrogen (secondary N) is 3. The van der Waals surface area contributed by atoms with E-state index in [0.29, 0.717) is 10.9 Å². The molecule has 7 nitrogen and oxygen atoms in total. The minimum absolute atomic E-state index is 0.0470. The van der Waals surface area contributed by atoms with Crippen LogP contribution in [0, 0.1) is 0 Å². The predicted molar refractivity (Wildman–Crippen MR) is 85.0 cm³/mol. The van der Waals surface area contributed by atoms with E-state index in [2.05, 4.69) is 21.0 Å². The molecule has 1 atom stereocenters. The van der Waals surface area contributed by atoms with Crippen molar-refractivity contribution in [3.8, 4) is 0 Å². The van der Waals surface area contributed by atoms with E-state index in [4.69, 9.17) is 0 Å². The van der Waals surface area contributed by atoms with Gasteiger partial charge in [0.2, 0.25) is 5.91 Å². The highest BCUT2D eigenvalue weighted by atomic mass is 19.4. The monoisotopic (exact) mass is 357 g/mol. The molecule has 1 unspecified atom stereocenters. The van der Waals surface area contributed by atoms with Gasteiger partial charge in [0.1, 0.15) is 0 Å². The predicted octanol–water partition coefficient (Wildman–Crippen LogP) is 0.669. The van der Waals surface area contributed by atoms with Crippen molar-refractivity contribution < 1.29 is 23.1 Å². The molecule has 0 aliphatic carbocycles. The Hall–Kier alpha value is -2.33. The third-order valence-electron chi connectivity index (χ3n) is 4.06. The van der Waals surface area contributed by atoms with Gasteiger partial charge in [-0.3, -0.25) is 9.48 Å². The second-order valence-corrected chi connectivity index (χ2v) is 5.97. The fourth-order valence-corrected chi connectivity index (χ4v) is 2.61. The number of hydrogen-bond donors (Lipinski definition) is 4. The van der Waals surface area contributed by atoms with Gasteiger partial charge < -0.3 is 21.1 Å². The molecule has 136 valence electrons. The van der Waals surface area contributed by atoms with Crippen molar-refractivity contribution in [2.75, 3.05) is 25.0 Å². The Labute approximate surface area is 141 Å². The molecule has 0 bridgehead atoms. The molecule has 1 aromatic heterocycles. The quantitative estimate of drug-likeness (QED) is 0.631. The number of benzene rings is 1. The maximum Gasteiger partial charge on any atom is 0.418 e. The number of alkyl halides is 3. The highest BCUT2D eigenvalue weighted by molar-refractivity contribution is 5.92. The molecule has 25 heavy (non-hydrogen) atoms. The van der Waals surface area contributed by atoms with Crippen LogP contribution >= 0.6 is 0 Å². The number of aliphatic hydroxyl groups is 1. The van der Waals surface area contributed by atoms with E-state index < -0.39 is 12.3 Å². The van der Waals surface area contributed by atoms with Crippen LogP contribution in [-0.2, 0) is 11.8 Å². The first-order valence-corrected chi connectivity index (χ1v) is 7.71. The summed E-state index contributed by atoms with van der Waals surface area (Å²) in [4.78, 5) is 11.8. The Morgan fingerprint density at radius 1 is 1.48 bits per heavy atom. The number of rotatable bonds is 5. The summed E-state index contributed by atoms with van der Waals surface area (Å²) in [6.45, 7) is 1.39. The Bertz CT molecular complexity index is 785. The third-order valence-corrected chi connectivity index (χ3v) is 4.06. The van der Waals surface area contributed by atoms with Gasteiger partial charge >= 0.3 is 6.18 Å². The van der Waals surface area contributed by atoms with Crippen molar-refractivity contribution in [3.63, 3.8) is 0 Å². The van der Waals surface area contributed by atoms with Crippen molar-refractivity contribution in [2.24, 2.45) is 7.05 Å². The van der Waals surface area contributed by atoms with E-state index in [0.717, 1.165) is 13.1 Å². The highest BCUT2D eigenvalue weighted by Gasteiger charge is 2.39. The first kappa shape index (κ1) is 17.5. The Kier molecular flexibility index (Phi) is 4.56. The summed E-state index contributed by atoms with van der Waals surface area (Å²) in [6, 6.07) is 4.00. The molecule has 4 N–H and O–H groups in total. The van der Waals surface area contributed by atoms with E-state index in [-0.39, 0.29) is 29.9 Å². The number of nitrogens with zero attached hydrogens (tertiary/aromatic N) is 2. The molecule has 1 amide bonds. The van der Waals surface area contributed by atoms with Crippen molar-refractivity contribution in [1.82, 2.24) is 20.4 Å². The van der Waals surface area contributed by atoms with Crippen LogP contribution in [0.25, 0.3) is 10.9 Å². The number of fused-ring (bicyclic) bond motifs is 1. The number of aliphatic hydroxyl groups excluding tert-OH is 1. The fraction of sp³-hybridized carbons (Fsp3) is 0.467. The smallest absolute Gasteiger partial charge is 0.379 e. The number of halogens is 3. The number of carbonyl (C=O) groups excluding carboxylic acids is 1. The van der Waals surface area contributed by atoms with Crippen LogP contribution < -0.4 is 16.0 Å². The number of anilines is 1. The summed E-state index contributed by atoms with van der Waals surface area (Å²) in [5.41, 5.74) is 0.310. The van der Waals surface area contributed by atoms with Crippen LogP contribution in [0.15, 0.2) is 18.2 Å². The molecule has 3 rings (SSSR count). The maximum atomic E-state index is 12.7. The lowest BCUT2D eigenvalue weighted by Gasteiger charge is -2.27. The van der Waals surface area contributed by atoms with Crippen molar-refractivity contribution >= 4 is 22.6 Å². The van der Waals surface area contributed by atoms with Gasteiger partial charge in [0.05, 0.1) is 18.1 Å². The number of carbonyl (C=O) groups is 1. The molecule has 2 heterocycles. The van der Waals surface area contributed by atoms with Crippen LogP contribution in [0.3, 0.4) is 0 Å². The zero-order valence-corrected chi connectivity index (χ0v) is 13.4. The largest absolute Gasteiger partial charge is 0.418 e. The van der Waals surface area contributed by atoms with Crippen LogP contribution in [-0.4, -0.2) is 52.6 Å². The van der Waals surface area contributed by atoms with Crippen molar-refractivity contribution in [2.45, 2.75) is 18.3 Å². The highest BCUT2D eigenvalue weighted by Crippen LogP contribution is 2.34. The minimum Gasteiger partial charge on any atom is -0.379 e. The number of hydrogen-bond acceptors (Lipinski definition) is 5. The Morgan fingerprint density at radius 3 is 2.80 bits per heavy atom. The third kappa shape index (κ3) is 3.69. The average Bonchev–Trinajstić information content (AvgIpc) is 2.83. The Balaban J connectivity index is 1.78. The lowest BCUT2D eigenvalue weighted by molar-refractivity contribution is -0.206. The summed E-state index contributed by atoms with van der Waals surface area (Å²) in [7, 11) is 1.65. The summed E-state index contributed by atoms with van der Waals surface area (Å²) < 4.78 is 39.6. The lowest BCUT2D eigenvalue weighted by atomic mass is 10.1. The first-order valence-electron chi connectivity index (χ1n) is 7.71. The standard InChI is InChI=1S/C15H18F3N5O2/c1-23-11-3-2-8(13(25)15(16,17)18)4-10(11)14(22-23)20-7-12(24)21-9-5-19-6-9/h2-4,9,13,19,25H,5-7H2,1H3,(H,20,22)(H,21,24). The van der Waals surface area contributed by atoms with Crippen LogP contribution in [0.2, 0.25) is 0 Å². The normalized spacial score (nSPS) is 16.5. The SMILES string of the molecule is Cn1nc(NCC(=O)NC2CNC2)c2cc(C(O)C(F)(F)F)ccc21. The molecule has 1 aliphatic rings. The van der Waals surface area contributed by atoms with Crippen molar-refractivity contribution in [3.05, 3.63) is 23.8 Å². The second-order valence-electron chi connectivity index (χ2n) is 5.97. The molecule has 1 aliphatic heterocycles. The van der Waals surface area contributed by atoms with E-state index in [9.17, 15) is 23.1 Å². The van der Waals surface area contributed by atoms with E-state index in [1.807, 2.05) is 0 Å². The maximum absolute atomic E-state index is 12.7.